The first-order chi connectivity index (χ1) is 20.2. The molecule has 2 aliphatic heterocycles. The highest BCUT2D eigenvalue weighted by Crippen LogP contribution is 2.37. The van der Waals surface area contributed by atoms with Crippen LogP contribution < -0.4 is 10.1 Å². The van der Waals surface area contributed by atoms with Gasteiger partial charge in [0.15, 0.2) is 5.75 Å². The van der Waals surface area contributed by atoms with E-state index in [0.717, 1.165) is 43.2 Å². The van der Waals surface area contributed by atoms with Gasteiger partial charge in [-0.15, -0.1) is 4.36 Å². The highest BCUT2D eigenvalue weighted by atomic mass is 32.2. The molecular formula is C31H40N4O6S. The lowest BCUT2D eigenvalue weighted by molar-refractivity contribution is -0.165. The van der Waals surface area contributed by atoms with Gasteiger partial charge in [0.2, 0.25) is 11.8 Å². The summed E-state index contributed by atoms with van der Waals surface area (Å²) in [4.78, 5) is 31.1. The Hall–Kier alpha value is -3.28. The van der Waals surface area contributed by atoms with Crippen LogP contribution >= 0.6 is 0 Å². The molecule has 1 aliphatic carbocycles. The molecule has 5 rings (SSSR count). The van der Waals surface area contributed by atoms with Gasteiger partial charge in [-0.3, -0.25) is 14.5 Å². The number of aryl methyl sites for hydroxylation is 1. The largest absolute Gasteiger partial charge is 0.455 e. The molecule has 226 valence electrons. The number of benzene rings is 2. The molecule has 0 unspecified atom stereocenters. The van der Waals surface area contributed by atoms with Crippen molar-refractivity contribution in [3.05, 3.63) is 53.6 Å². The number of nitrogens with one attached hydrogen (secondary N) is 1. The molecule has 11 heteroatoms. The van der Waals surface area contributed by atoms with Gasteiger partial charge < -0.3 is 20.1 Å². The number of carbonyl (C=O) groups is 2. The van der Waals surface area contributed by atoms with Gasteiger partial charge in [-0.2, -0.15) is 8.42 Å². The molecule has 0 radical (unpaired) electrons. The van der Waals surface area contributed by atoms with E-state index in [1.165, 1.54) is 0 Å². The van der Waals surface area contributed by atoms with Crippen molar-refractivity contribution in [3.63, 3.8) is 0 Å². The lowest BCUT2D eigenvalue weighted by atomic mass is 9.78. The van der Waals surface area contributed by atoms with Crippen molar-refractivity contribution >= 4 is 28.0 Å². The van der Waals surface area contributed by atoms with Gasteiger partial charge in [0.1, 0.15) is 23.0 Å². The summed E-state index contributed by atoms with van der Waals surface area (Å²) in [5, 5.41) is 14.0. The maximum absolute atomic E-state index is 13.6. The summed E-state index contributed by atoms with van der Waals surface area (Å²) in [5.74, 6) is 0.664. The van der Waals surface area contributed by atoms with Crippen LogP contribution in [-0.2, 0) is 26.6 Å². The summed E-state index contributed by atoms with van der Waals surface area (Å²) in [6.07, 6.45) is 5.28. The van der Waals surface area contributed by atoms with E-state index in [2.05, 4.69) is 14.6 Å². The Labute approximate surface area is 248 Å². The van der Waals surface area contributed by atoms with E-state index in [1.54, 1.807) is 17.0 Å². The van der Waals surface area contributed by atoms with Gasteiger partial charge in [-0.05, 0) is 80.8 Å². The summed E-state index contributed by atoms with van der Waals surface area (Å²) in [6, 6.07) is 11.9. The second-order valence-electron chi connectivity index (χ2n) is 11.8. The standard InChI is InChI=1S/C31H40N4O6S/c1-3-35-29(37)27(28(36)23-7-5-4-6-8-23)32-30(38)31(35)15-17-34(18-16-31)20-22-10-12-24(13-11-22)41-26-14-9-21(2)19-25(26)33-42(39)40/h9-14,19,23,27-28,36H,3-8,15-18,20H2,1-2H3,(H,32,38)/t27-,28-/m1/s1. The van der Waals surface area contributed by atoms with E-state index in [-0.39, 0.29) is 23.4 Å². The third-order valence-electron chi connectivity index (χ3n) is 9.08. The highest BCUT2D eigenvalue weighted by Gasteiger charge is 2.54. The number of aliphatic hydroxyl groups is 1. The topological polar surface area (TPSA) is 129 Å². The van der Waals surface area contributed by atoms with Crippen LogP contribution in [0.2, 0.25) is 0 Å². The molecule has 3 fully saturated rings. The van der Waals surface area contributed by atoms with Crippen molar-refractivity contribution in [3.8, 4) is 11.5 Å². The first-order valence-electron chi connectivity index (χ1n) is 14.9. The Morgan fingerprint density at radius 3 is 2.40 bits per heavy atom. The van der Waals surface area contributed by atoms with Gasteiger partial charge in [0.25, 0.3) is 0 Å². The summed E-state index contributed by atoms with van der Waals surface area (Å²) >= 11 is 0. The number of carbonyl (C=O) groups excluding carboxylic acids is 2. The molecule has 2 atom stereocenters. The van der Waals surface area contributed by atoms with Crippen molar-refractivity contribution in [1.29, 1.82) is 0 Å². The summed E-state index contributed by atoms with van der Waals surface area (Å²) < 4.78 is 31.8. The predicted molar refractivity (Wildman–Crippen MR) is 158 cm³/mol. The summed E-state index contributed by atoms with van der Waals surface area (Å²) in [6.45, 7) is 6.19. The minimum absolute atomic E-state index is 0.0525. The second kappa shape index (κ2) is 12.9. The van der Waals surface area contributed by atoms with Crippen LogP contribution in [0.4, 0.5) is 5.69 Å². The second-order valence-corrected chi connectivity index (χ2v) is 12.4. The number of amides is 2. The van der Waals surface area contributed by atoms with Crippen LogP contribution in [0.3, 0.4) is 0 Å². The fourth-order valence-corrected chi connectivity index (χ4v) is 7.07. The zero-order valence-electron chi connectivity index (χ0n) is 24.3. The molecule has 0 bridgehead atoms. The predicted octanol–water partition coefficient (Wildman–Crippen LogP) is 4.10. The SMILES string of the molecule is CCN1C(=O)[C@@H]([C@H](O)C2CCCCC2)NC(=O)C12CCN(Cc1ccc(Oc3ccc(C)cc3N=S(=O)=O)cc1)CC2. The minimum atomic E-state index is -2.59. The fraction of sp³-hybridized carbons (Fsp3) is 0.548. The monoisotopic (exact) mass is 596 g/mol. The van der Waals surface area contributed by atoms with Gasteiger partial charge in [0.05, 0.1) is 6.10 Å². The third kappa shape index (κ3) is 6.38. The normalized spacial score (nSPS) is 22.1. The zero-order chi connectivity index (χ0) is 29.9. The molecule has 2 aromatic rings. The summed E-state index contributed by atoms with van der Waals surface area (Å²) in [5.41, 5.74) is 1.31. The van der Waals surface area contributed by atoms with Crippen LogP contribution in [0.5, 0.6) is 11.5 Å². The first kappa shape index (κ1) is 30.2. The molecule has 2 saturated heterocycles. The van der Waals surface area contributed by atoms with Crippen molar-refractivity contribution in [2.24, 2.45) is 10.3 Å². The molecule has 2 N–H and O–H groups in total. The van der Waals surface area contributed by atoms with Crippen LogP contribution in [0.25, 0.3) is 0 Å². The quantitative estimate of drug-likeness (QED) is 0.470. The maximum atomic E-state index is 13.6. The number of rotatable bonds is 8. The lowest BCUT2D eigenvalue weighted by Gasteiger charge is -2.52. The average Bonchev–Trinajstić information content (AvgIpc) is 2.98. The average molecular weight is 597 g/mol. The summed E-state index contributed by atoms with van der Waals surface area (Å²) in [7, 11) is -2.59. The van der Waals surface area contributed by atoms with E-state index in [9.17, 15) is 23.1 Å². The fourth-order valence-electron chi connectivity index (χ4n) is 6.77. The van der Waals surface area contributed by atoms with Crippen molar-refractivity contribution in [2.45, 2.75) is 83.0 Å². The Bertz CT molecular complexity index is 1420. The van der Waals surface area contributed by atoms with Crippen LogP contribution in [-0.4, -0.2) is 72.5 Å². The first-order valence-corrected chi connectivity index (χ1v) is 15.9. The molecule has 2 aromatic carbocycles. The molecule has 3 aliphatic rings. The lowest BCUT2D eigenvalue weighted by Crippen LogP contribution is -2.74. The molecule has 1 saturated carbocycles. The number of ether oxygens (including phenoxy) is 1. The molecule has 2 heterocycles. The number of hydrogen-bond acceptors (Lipinski definition) is 8. The zero-order valence-corrected chi connectivity index (χ0v) is 25.1. The number of nitrogens with zero attached hydrogens (tertiary/aromatic N) is 3. The van der Waals surface area contributed by atoms with Crippen molar-refractivity contribution < 1.29 is 27.9 Å². The molecule has 2 amide bonds. The van der Waals surface area contributed by atoms with E-state index in [4.69, 9.17) is 4.74 Å². The van der Waals surface area contributed by atoms with Gasteiger partial charge in [-0.1, -0.05) is 37.5 Å². The van der Waals surface area contributed by atoms with Gasteiger partial charge >= 0.3 is 10.5 Å². The number of piperidine rings is 1. The van der Waals surface area contributed by atoms with Crippen LogP contribution in [0.1, 0.15) is 63.0 Å². The van der Waals surface area contributed by atoms with Crippen molar-refractivity contribution in [2.75, 3.05) is 19.6 Å². The molecule has 1 spiro atoms. The van der Waals surface area contributed by atoms with E-state index in [0.29, 0.717) is 50.5 Å². The smallest absolute Gasteiger partial charge is 0.316 e. The molecule has 0 aromatic heterocycles. The maximum Gasteiger partial charge on any atom is 0.316 e. The third-order valence-corrected chi connectivity index (χ3v) is 9.42. The Morgan fingerprint density at radius 1 is 1.07 bits per heavy atom. The van der Waals surface area contributed by atoms with E-state index in [1.807, 2.05) is 44.2 Å². The number of aliphatic hydroxyl groups excluding tert-OH is 1. The van der Waals surface area contributed by atoms with Gasteiger partial charge in [-0.25, -0.2) is 0 Å². The number of hydrogen-bond donors (Lipinski definition) is 2. The van der Waals surface area contributed by atoms with Crippen LogP contribution in [0.15, 0.2) is 46.8 Å². The van der Waals surface area contributed by atoms with E-state index < -0.39 is 28.2 Å². The number of likely N-dealkylation sites (N-methyl/N-ethyl adjacent to an activating group) is 1. The highest BCUT2D eigenvalue weighted by molar-refractivity contribution is 7.61. The van der Waals surface area contributed by atoms with Gasteiger partial charge in [0, 0.05) is 26.2 Å². The number of piperazine rings is 1. The molecule has 42 heavy (non-hydrogen) atoms. The van der Waals surface area contributed by atoms with Crippen molar-refractivity contribution in [1.82, 2.24) is 15.1 Å². The van der Waals surface area contributed by atoms with Crippen LogP contribution in [0, 0.1) is 12.8 Å². The van der Waals surface area contributed by atoms with E-state index >= 15 is 0 Å². The molecular weight excluding hydrogens is 556 g/mol. The Balaban J connectivity index is 1.20. The minimum Gasteiger partial charge on any atom is -0.455 e. The Morgan fingerprint density at radius 2 is 1.76 bits per heavy atom. The number of likely N-dealkylation sites (tertiary alicyclic amines) is 1. The Kier molecular flexibility index (Phi) is 9.29. The molecule has 10 nitrogen and oxygen atoms in total.